The minimum absolute atomic E-state index is 0.296. The number of nitrogens with zero attached hydrogens (tertiary/aromatic N) is 3. The van der Waals surface area contributed by atoms with Gasteiger partial charge in [0.05, 0.1) is 5.69 Å². The maximum absolute atomic E-state index is 13.9. The largest absolute Gasteiger partial charge is 0.384 e. The van der Waals surface area contributed by atoms with Gasteiger partial charge in [-0.2, -0.15) is 4.98 Å². The van der Waals surface area contributed by atoms with Crippen LogP contribution in [-0.4, -0.2) is 23.1 Å². The van der Waals surface area contributed by atoms with E-state index in [1.165, 1.54) is 12.5 Å². The van der Waals surface area contributed by atoms with Crippen molar-refractivity contribution in [2.75, 3.05) is 23.7 Å². The molecule has 0 unspecified atom stereocenters. The first-order chi connectivity index (χ1) is 9.74. The summed E-state index contributed by atoms with van der Waals surface area (Å²) < 4.78 is 13.9. The predicted octanol–water partition coefficient (Wildman–Crippen LogP) is 2.86. The molecule has 1 aliphatic heterocycles. The third kappa shape index (κ3) is 2.57. The van der Waals surface area contributed by atoms with Crippen molar-refractivity contribution in [3.05, 3.63) is 36.1 Å². The van der Waals surface area contributed by atoms with E-state index in [0.29, 0.717) is 23.0 Å². The van der Waals surface area contributed by atoms with Crippen LogP contribution >= 0.6 is 0 Å². The number of benzene rings is 1. The second-order valence-corrected chi connectivity index (χ2v) is 5.01. The fourth-order valence-electron chi connectivity index (χ4n) is 2.50. The molecular weight excluding hydrogens is 255 g/mol. The number of halogens is 1. The van der Waals surface area contributed by atoms with E-state index in [-0.39, 0.29) is 5.82 Å². The molecule has 5 heteroatoms. The summed E-state index contributed by atoms with van der Waals surface area (Å²) in [5.74, 6) is 0.678. The number of nitrogens with two attached hydrogens (primary N) is 1. The van der Waals surface area contributed by atoms with Gasteiger partial charge in [0.15, 0.2) is 0 Å². The van der Waals surface area contributed by atoms with Crippen molar-refractivity contribution in [1.29, 1.82) is 0 Å². The van der Waals surface area contributed by atoms with Crippen LogP contribution in [0, 0.1) is 5.82 Å². The number of rotatable bonds is 2. The van der Waals surface area contributed by atoms with Crippen molar-refractivity contribution in [2.45, 2.75) is 19.3 Å². The predicted molar refractivity (Wildman–Crippen MR) is 77.9 cm³/mol. The highest BCUT2D eigenvalue weighted by molar-refractivity contribution is 5.64. The fraction of sp³-hybridized carbons (Fsp3) is 0.333. The number of nitrogen functional groups attached to an aromatic ring is 1. The van der Waals surface area contributed by atoms with Gasteiger partial charge in [0, 0.05) is 24.7 Å². The first-order valence-electron chi connectivity index (χ1n) is 6.88. The van der Waals surface area contributed by atoms with Gasteiger partial charge in [-0.25, -0.2) is 9.37 Å². The average molecular weight is 272 g/mol. The molecule has 0 amide bonds. The summed E-state index contributed by atoms with van der Waals surface area (Å²) in [6.07, 6.45) is 3.50. The molecule has 0 saturated carbocycles. The number of hydrogen-bond acceptors (Lipinski definition) is 4. The van der Waals surface area contributed by atoms with Gasteiger partial charge in [0.1, 0.15) is 11.6 Å². The first kappa shape index (κ1) is 12.8. The normalized spacial score (nSPS) is 15.3. The first-order valence-corrected chi connectivity index (χ1v) is 6.88. The van der Waals surface area contributed by atoms with E-state index in [4.69, 9.17) is 5.73 Å². The molecule has 0 aliphatic carbocycles. The Hall–Kier alpha value is -2.17. The molecular formula is C15H17FN4. The minimum atomic E-state index is -0.296. The number of piperidine rings is 1. The molecule has 104 valence electrons. The van der Waals surface area contributed by atoms with E-state index in [1.54, 1.807) is 24.3 Å². The van der Waals surface area contributed by atoms with Gasteiger partial charge in [0.2, 0.25) is 5.95 Å². The van der Waals surface area contributed by atoms with Crippen LogP contribution in [0.15, 0.2) is 30.3 Å². The fourth-order valence-corrected chi connectivity index (χ4v) is 2.50. The summed E-state index contributed by atoms with van der Waals surface area (Å²) >= 11 is 0. The molecule has 1 aromatic heterocycles. The van der Waals surface area contributed by atoms with Gasteiger partial charge in [-0.1, -0.05) is 12.1 Å². The van der Waals surface area contributed by atoms with E-state index in [1.807, 2.05) is 0 Å². The van der Waals surface area contributed by atoms with Gasteiger partial charge in [-0.05, 0) is 31.4 Å². The second-order valence-electron chi connectivity index (χ2n) is 5.01. The minimum Gasteiger partial charge on any atom is -0.384 e. The molecule has 1 aliphatic rings. The van der Waals surface area contributed by atoms with E-state index in [0.717, 1.165) is 25.9 Å². The van der Waals surface area contributed by atoms with Crippen molar-refractivity contribution in [3.8, 4) is 11.3 Å². The molecule has 3 rings (SSSR count). The lowest BCUT2D eigenvalue weighted by molar-refractivity contribution is 0.568. The van der Waals surface area contributed by atoms with Crippen LogP contribution in [-0.2, 0) is 0 Å². The Labute approximate surface area is 117 Å². The van der Waals surface area contributed by atoms with Gasteiger partial charge >= 0.3 is 0 Å². The van der Waals surface area contributed by atoms with Gasteiger partial charge in [0.25, 0.3) is 0 Å². The lowest BCUT2D eigenvalue weighted by Crippen LogP contribution is -2.31. The third-order valence-electron chi connectivity index (χ3n) is 3.52. The smallest absolute Gasteiger partial charge is 0.227 e. The molecule has 1 saturated heterocycles. The Morgan fingerprint density at radius 2 is 1.80 bits per heavy atom. The van der Waals surface area contributed by atoms with Crippen LogP contribution in [0.3, 0.4) is 0 Å². The Morgan fingerprint density at radius 1 is 1.05 bits per heavy atom. The molecule has 0 spiro atoms. The van der Waals surface area contributed by atoms with Crippen LogP contribution in [0.1, 0.15) is 19.3 Å². The van der Waals surface area contributed by atoms with Gasteiger partial charge in [-0.3, -0.25) is 0 Å². The Morgan fingerprint density at radius 3 is 2.55 bits per heavy atom. The molecule has 4 nitrogen and oxygen atoms in total. The van der Waals surface area contributed by atoms with Crippen molar-refractivity contribution in [1.82, 2.24) is 9.97 Å². The zero-order chi connectivity index (χ0) is 13.9. The second kappa shape index (κ2) is 5.45. The quantitative estimate of drug-likeness (QED) is 0.913. The lowest BCUT2D eigenvalue weighted by atomic mass is 10.1. The molecule has 0 atom stereocenters. The Balaban J connectivity index is 2.00. The maximum Gasteiger partial charge on any atom is 0.227 e. The summed E-state index contributed by atoms with van der Waals surface area (Å²) in [7, 11) is 0. The average Bonchev–Trinajstić information content (AvgIpc) is 2.48. The van der Waals surface area contributed by atoms with E-state index in [9.17, 15) is 4.39 Å². The monoisotopic (exact) mass is 272 g/mol. The van der Waals surface area contributed by atoms with Crippen LogP contribution < -0.4 is 10.6 Å². The SMILES string of the molecule is Nc1cc(-c2ccccc2F)nc(N2CCCCC2)n1. The zero-order valence-corrected chi connectivity index (χ0v) is 11.2. The summed E-state index contributed by atoms with van der Waals surface area (Å²) in [5, 5.41) is 0. The summed E-state index contributed by atoms with van der Waals surface area (Å²) in [5.41, 5.74) is 6.85. The lowest BCUT2D eigenvalue weighted by Gasteiger charge is -2.27. The van der Waals surface area contributed by atoms with Crippen LogP contribution in [0.4, 0.5) is 16.2 Å². The molecule has 1 fully saturated rings. The number of hydrogen-bond donors (Lipinski definition) is 1. The van der Waals surface area contributed by atoms with Gasteiger partial charge < -0.3 is 10.6 Å². The van der Waals surface area contributed by atoms with Crippen LogP contribution in [0.2, 0.25) is 0 Å². The maximum atomic E-state index is 13.9. The summed E-state index contributed by atoms with van der Waals surface area (Å²) in [6, 6.07) is 8.20. The highest BCUT2D eigenvalue weighted by Crippen LogP contribution is 2.25. The highest BCUT2D eigenvalue weighted by atomic mass is 19.1. The molecule has 2 heterocycles. The third-order valence-corrected chi connectivity index (χ3v) is 3.52. The standard InChI is InChI=1S/C15H17FN4/c16-12-7-3-2-6-11(12)13-10-14(17)19-15(18-13)20-8-4-1-5-9-20/h2-3,6-7,10H,1,4-5,8-9H2,(H2,17,18,19). The number of anilines is 2. The van der Waals surface area contributed by atoms with Crippen LogP contribution in [0.5, 0.6) is 0 Å². The van der Waals surface area contributed by atoms with Crippen molar-refractivity contribution in [3.63, 3.8) is 0 Å². The Bertz CT molecular complexity index is 609. The van der Waals surface area contributed by atoms with Crippen molar-refractivity contribution in [2.24, 2.45) is 0 Å². The van der Waals surface area contributed by atoms with Crippen molar-refractivity contribution >= 4 is 11.8 Å². The summed E-state index contributed by atoms with van der Waals surface area (Å²) in [4.78, 5) is 10.9. The van der Waals surface area contributed by atoms with E-state index < -0.39 is 0 Å². The molecule has 0 bridgehead atoms. The molecule has 2 N–H and O–H groups in total. The molecule has 2 aromatic rings. The summed E-state index contributed by atoms with van der Waals surface area (Å²) in [6.45, 7) is 1.86. The molecule has 1 aromatic carbocycles. The molecule has 20 heavy (non-hydrogen) atoms. The van der Waals surface area contributed by atoms with E-state index in [2.05, 4.69) is 14.9 Å². The van der Waals surface area contributed by atoms with Crippen molar-refractivity contribution < 1.29 is 4.39 Å². The number of aromatic nitrogens is 2. The highest BCUT2D eigenvalue weighted by Gasteiger charge is 2.16. The molecule has 0 radical (unpaired) electrons. The topological polar surface area (TPSA) is 55.0 Å². The van der Waals surface area contributed by atoms with Crippen LogP contribution in [0.25, 0.3) is 11.3 Å². The van der Waals surface area contributed by atoms with E-state index >= 15 is 0 Å². The zero-order valence-electron chi connectivity index (χ0n) is 11.2. The Kier molecular flexibility index (Phi) is 3.50. The van der Waals surface area contributed by atoms with Gasteiger partial charge in [-0.15, -0.1) is 0 Å².